The number of rotatable bonds is 7. The molecule has 3 aromatic rings. The van der Waals surface area contributed by atoms with Crippen molar-refractivity contribution < 1.29 is 23.5 Å². The molecular formula is C25H16Cl4FN3O4. The Morgan fingerprint density at radius 2 is 1.68 bits per heavy atom. The summed E-state index contributed by atoms with van der Waals surface area (Å²) in [5.41, 5.74) is 0.977. The van der Waals surface area contributed by atoms with Gasteiger partial charge in [0.1, 0.15) is 24.7 Å². The second-order valence-electron chi connectivity index (χ2n) is 7.76. The van der Waals surface area contributed by atoms with Gasteiger partial charge in [-0.15, -0.1) is 0 Å². The topological polar surface area (TPSA) is 87.7 Å². The van der Waals surface area contributed by atoms with Crippen LogP contribution in [0.4, 0.5) is 14.9 Å². The smallest absolute Gasteiger partial charge is 0.329 e. The summed E-state index contributed by atoms with van der Waals surface area (Å²) in [6.07, 6.45) is 1.36. The van der Waals surface area contributed by atoms with Crippen molar-refractivity contribution in [3.8, 4) is 5.75 Å². The molecular weight excluding hydrogens is 567 g/mol. The molecule has 1 heterocycles. The van der Waals surface area contributed by atoms with Crippen molar-refractivity contribution in [2.45, 2.75) is 6.61 Å². The van der Waals surface area contributed by atoms with E-state index >= 15 is 0 Å². The van der Waals surface area contributed by atoms with Gasteiger partial charge in [0.2, 0.25) is 5.91 Å². The van der Waals surface area contributed by atoms with E-state index < -0.39 is 30.2 Å². The lowest BCUT2D eigenvalue weighted by Crippen LogP contribution is -2.38. The van der Waals surface area contributed by atoms with E-state index in [2.05, 4.69) is 10.6 Å². The number of hydrogen-bond donors (Lipinski definition) is 2. The fraction of sp³-hybridized carbons (Fsp3) is 0.0800. The van der Waals surface area contributed by atoms with Crippen LogP contribution in [0, 0.1) is 5.82 Å². The van der Waals surface area contributed by atoms with Crippen molar-refractivity contribution in [3.05, 3.63) is 97.3 Å². The number of carbonyl (C=O) groups is 3. The summed E-state index contributed by atoms with van der Waals surface area (Å²) in [4.78, 5) is 38.0. The van der Waals surface area contributed by atoms with Crippen LogP contribution in [0.1, 0.15) is 11.1 Å². The predicted octanol–water partition coefficient (Wildman–Crippen LogP) is 6.55. The molecule has 0 saturated carbocycles. The number of ether oxygens (including phenoxy) is 1. The number of hydrogen-bond acceptors (Lipinski definition) is 4. The van der Waals surface area contributed by atoms with E-state index in [9.17, 15) is 18.8 Å². The van der Waals surface area contributed by atoms with E-state index in [1.54, 1.807) is 18.2 Å². The van der Waals surface area contributed by atoms with Gasteiger partial charge < -0.3 is 15.4 Å². The van der Waals surface area contributed by atoms with E-state index in [-0.39, 0.29) is 33.8 Å². The van der Waals surface area contributed by atoms with Gasteiger partial charge in [-0.3, -0.25) is 9.59 Å². The molecule has 1 fully saturated rings. The maximum Gasteiger partial charge on any atom is 0.329 e. The highest BCUT2D eigenvalue weighted by Crippen LogP contribution is 2.36. The first-order valence-corrected chi connectivity index (χ1v) is 12.1. The number of halogens is 5. The van der Waals surface area contributed by atoms with Crippen LogP contribution in [-0.4, -0.2) is 29.3 Å². The molecule has 1 aliphatic heterocycles. The van der Waals surface area contributed by atoms with Crippen LogP contribution in [-0.2, 0) is 16.2 Å². The molecule has 0 unspecified atom stereocenters. The van der Waals surface area contributed by atoms with Gasteiger partial charge in [0, 0.05) is 0 Å². The molecule has 37 heavy (non-hydrogen) atoms. The summed E-state index contributed by atoms with van der Waals surface area (Å²) in [7, 11) is 0. The molecule has 1 aliphatic rings. The largest absolute Gasteiger partial charge is 0.486 e. The van der Waals surface area contributed by atoms with E-state index in [1.807, 2.05) is 0 Å². The van der Waals surface area contributed by atoms with Gasteiger partial charge in [0.15, 0.2) is 5.75 Å². The van der Waals surface area contributed by atoms with Gasteiger partial charge in [-0.05, 0) is 53.6 Å². The lowest BCUT2D eigenvalue weighted by Gasteiger charge is -2.12. The second kappa shape index (κ2) is 11.4. The molecule has 0 aromatic heterocycles. The van der Waals surface area contributed by atoms with Crippen LogP contribution in [0.25, 0.3) is 6.08 Å². The number of imide groups is 1. The molecule has 0 radical (unpaired) electrons. The Bertz CT molecular complexity index is 1420. The average molecular weight is 583 g/mol. The fourth-order valence-electron chi connectivity index (χ4n) is 3.36. The van der Waals surface area contributed by atoms with E-state index in [0.717, 1.165) is 5.56 Å². The molecule has 190 valence electrons. The minimum absolute atomic E-state index is 0.0685. The minimum Gasteiger partial charge on any atom is -0.486 e. The summed E-state index contributed by atoms with van der Waals surface area (Å²) < 4.78 is 19.5. The van der Waals surface area contributed by atoms with Crippen LogP contribution in [0.3, 0.4) is 0 Å². The van der Waals surface area contributed by atoms with Crippen LogP contribution in [0.2, 0.25) is 20.1 Å². The number of amides is 4. The zero-order chi connectivity index (χ0) is 26.7. The number of carbonyl (C=O) groups excluding carboxylic acids is 3. The summed E-state index contributed by atoms with van der Waals surface area (Å²) in [6.45, 7) is -0.492. The highest BCUT2D eigenvalue weighted by atomic mass is 35.5. The van der Waals surface area contributed by atoms with Crippen molar-refractivity contribution >= 4 is 76.0 Å². The molecule has 0 spiro atoms. The third-order valence-electron chi connectivity index (χ3n) is 5.11. The van der Waals surface area contributed by atoms with Gasteiger partial charge in [0.25, 0.3) is 5.91 Å². The van der Waals surface area contributed by atoms with Crippen molar-refractivity contribution in [1.29, 1.82) is 0 Å². The van der Waals surface area contributed by atoms with E-state index in [4.69, 9.17) is 51.1 Å². The molecule has 12 heteroatoms. The molecule has 0 aliphatic carbocycles. The van der Waals surface area contributed by atoms with Gasteiger partial charge >= 0.3 is 6.03 Å². The van der Waals surface area contributed by atoms with E-state index in [1.165, 1.54) is 42.5 Å². The van der Waals surface area contributed by atoms with Crippen molar-refractivity contribution in [2.24, 2.45) is 0 Å². The standard InChI is InChI=1S/C25H16Cl4FN3O4/c26-15-6-5-13(7-16(15)27)12-37-23-17(28)8-14(9-18(23)29)10-21-24(35)33(25(36)32-21)11-22(34)31-20-4-2-1-3-19(20)30/h1-10H,11-12H2,(H,31,34)(H,32,36)/b21-10+. The van der Waals surface area contributed by atoms with Crippen molar-refractivity contribution in [3.63, 3.8) is 0 Å². The minimum atomic E-state index is -0.807. The zero-order valence-electron chi connectivity index (χ0n) is 18.7. The van der Waals surface area contributed by atoms with Crippen molar-refractivity contribution in [2.75, 3.05) is 11.9 Å². The van der Waals surface area contributed by atoms with Gasteiger partial charge in [-0.1, -0.05) is 64.6 Å². The van der Waals surface area contributed by atoms with Gasteiger partial charge in [-0.2, -0.15) is 0 Å². The molecule has 0 atom stereocenters. The van der Waals surface area contributed by atoms with Crippen LogP contribution in [0.15, 0.2) is 60.3 Å². The zero-order valence-corrected chi connectivity index (χ0v) is 21.7. The Morgan fingerprint density at radius 1 is 0.973 bits per heavy atom. The molecule has 4 amide bonds. The Kier molecular flexibility index (Phi) is 8.24. The SMILES string of the molecule is O=C(CN1C(=O)N/C(=C/c2cc(Cl)c(OCc3ccc(Cl)c(Cl)c3)c(Cl)c2)C1=O)Nc1ccccc1F. The van der Waals surface area contributed by atoms with Crippen LogP contribution in [0.5, 0.6) is 5.75 Å². The number of urea groups is 1. The number of para-hydroxylation sites is 1. The van der Waals surface area contributed by atoms with Crippen LogP contribution < -0.4 is 15.4 Å². The summed E-state index contributed by atoms with van der Waals surface area (Å²) in [5.74, 6) is -1.93. The lowest BCUT2D eigenvalue weighted by atomic mass is 10.1. The Hall–Kier alpha value is -3.30. The molecule has 1 saturated heterocycles. The third-order valence-corrected chi connectivity index (χ3v) is 6.41. The lowest BCUT2D eigenvalue weighted by molar-refractivity contribution is -0.127. The normalized spacial score (nSPS) is 14.2. The van der Waals surface area contributed by atoms with Gasteiger partial charge in [0.05, 0.1) is 25.8 Å². The first-order chi connectivity index (χ1) is 17.6. The highest BCUT2D eigenvalue weighted by molar-refractivity contribution is 6.42. The van der Waals surface area contributed by atoms with Crippen molar-refractivity contribution in [1.82, 2.24) is 10.2 Å². The molecule has 4 rings (SSSR count). The Labute approximate surface area is 230 Å². The predicted molar refractivity (Wildman–Crippen MR) is 141 cm³/mol. The second-order valence-corrected chi connectivity index (χ2v) is 9.39. The molecule has 0 bridgehead atoms. The number of nitrogens with zero attached hydrogens (tertiary/aromatic N) is 1. The first kappa shape index (κ1) is 26.8. The average Bonchev–Trinajstić information content (AvgIpc) is 3.09. The Morgan fingerprint density at radius 3 is 2.35 bits per heavy atom. The van der Waals surface area contributed by atoms with Gasteiger partial charge in [-0.25, -0.2) is 14.1 Å². The number of anilines is 1. The van der Waals surface area contributed by atoms with E-state index in [0.29, 0.717) is 20.5 Å². The Balaban J connectivity index is 1.44. The molecule has 3 aromatic carbocycles. The monoisotopic (exact) mass is 581 g/mol. The quantitative estimate of drug-likeness (QED) is 0.244. The van der Waals surface area contributed by atoms with Crippen LogP contribution >= 0.6 is 46.4 Å². The molecule has 2 N–H and O–H groups in total. The summed E-state index contributed by atoms with van der Waals surface area (Å²) in [5, 5.41) is 5.84. The number of nitrogens with one attached hydrogen (secondary N) is 2. The third kappa shape index (κ3) is 6.34. The maximum absolute atomic E-state index is 13.8. The number of benzene rings is 3. The molecule has 7 nitrogen and oxygen atoms in total. The summed E-state index contributed by atoms with van der Waals surface area (Å²) >= 11 is 24.6. The maximum atomic E-state index is 13.8. The summed E-state index contributed by atoms with van der Waals surface area (Å²) in [6, 6.07) is 12.8. The highest BCUT2D eigenvalue weighted by Gasteiger charge is 2.35. The fourth-order valence-corrected chi connectivity index (χ4v) is 4.30. The first-order valence-electron chi connectivity index (χ1n) is 10.6.